The second-order valence-electron chi connectivity index (χ2n) is 11.9. The van der Waals surface area contributed by atoms with Gasteiger partial charge >= 0.3 is 0 Å². The Morgan fingerprint density at radius 2 is 0.851 bits per heavy atom. The highest BCUT2D eigenvalue weighted by Gasteiger charge is 2.15. The highest BCUT2D eigenvalue weighted by atomic mass is 14.9. The molecule has 0 atom stereocenters. The first-order chi connectivity index (χ1) is 23.3. The quantitative estimate of drug-likeness (QED) is 0.214. The molecule has 0 fully saturated rings. The number of hydrogen-bond acceptors (Lipinski definition) is 2. The third kappa shape index (κ3) is 4.86. The number of fused-ring (bicyclic) bond motifs is 3. The normalized spacial score (nSPS) is 11.4. The first-order valence-corrected chi connectivity index (χ1v) is 15.9. The van der Waals surface area contributed by atoms with E-state index < -0.39 is 0 Å². The lowest BCUT2D eigenvalue weighted by Crippen LogP contribution is -1.97. The Hall–Kier alpha value is -6.32. The Bertz CT molecular complexity index is 2450. The Morgan fingerprint density at radius 1 is 0.362 bits per heavy atom. The predicted molar refractivity (Wildman–Crippen MR) is 196 cm³/mol. The van der Waals surface area contributed by atoms with Crippen LogP contribution in [0.4, 0.5) is 0 Å². The zero-order valence-electron chi connectivity index (χ0n) is 25.6. The molecule has 3 heteroatoms. The van der Waals surface area contributed by atoms with Gasteiger partial charge in [0.15, 0.2) is 5.82 Å². The van der Waals surface area contributed by atoms with Crippen LogP contribution in [0.2, 0.25) is 0 Å². The predicted octanol–water partition coefficient (Wildman–Crippen LogP) is 11.6. The van der Waals surface area contributed by atoms with E-state index in [1.54, 1.807) is 0 Å². The van der Waals surface area contributed by atoms with E-state index in [-0.39, 0.29) is 0 Å². The van der Waals surface area contributed by atoms with Crippen molar-refractivity contribution in [1.82, 2.24) is 15.0 Å². The van der Waals surface area contributed by atoms with Gasteiger partial charge in [0.2, 0.25) is 0 Å². The van der Waals surface area contributed by atoms with Gasteiger partial charge < -0.3 is 4.98 Å². The van der Waals surface area contributed by atoms with Crippen molar-refractivity contribution in [2.75, 3.05) is 0 Å². The third-order valence-corrected chi connectivity index (χ3v) is 9.11. The molecule has 0 spiro atoms. The molecule has 3 nitrogen and oxygen atoms in total. The Balaban J connectivity index is 1.13. The van der Waals surface area contributed by atoms with E-state index in [1.165, 1.54) is 38.1 Å². The molecule has 0 aliphatic carbocycles. The minimum absolute atomic E-state index is 0.721. The van der Waals surface area contributed by atoms with Crippen LogP contribution < -0.4 is 0 Å². The van der Waals surface area contributed by atoms with Gasteiger partial charge in [0.05, 0.1) is 17.1 Å². The molecule has 2 aromatic heterocycles. The van der Waals surface area contributed by atoms with Crippen LogP contribution in [-0.4, -0.2) is 15.0 Å². The summed E-state index contributed by atoms with van der Waals surface area (Å²) in [4.78, 5) is 13.8. The van der Waals surface area contributed by atoms with Crippen molar-refractivity contribution < 1.29 is 0 Å². The maximum absolute atomic E-state index is 5.20. The highest BCUT2D eigenvalue weighted by Crippen LogP contribution is 2.35. The number of nitrogens with zero attached hydrogens (tertiary/aromatic N) is 2. The van der Waals surface area contributed by atoms with Gasteiger partial charge in [-0.15, -0.1) is 0 Å². The number of H-pyrrole nitrogens is 1. The first kappa shape index (κ1) is 27.0. The van der Waals surface area contributed by atoms with Crippen molar-refractivity contribution in [1.29, 1.82) is 0 Å². The van der Waals surface area contributed by atoms with Gasteiger partial charge in [-0.05, 0) is 49.7 Å². The van der Waals surface area contributed by atoms with Crippen molar-refractivity contribution in [2.24, 2.45) is 0 Å². The molecule has 0 radical (unpaired) electrons. The minimum Gasteiger partial charge on any atom is -0.360 e. The van der Waals surface area contributed by atoms with Crippen LogP contribution in [0.25, 0.3) is 88.6 Å². The van der Waals surface area contributed by atoms with Gasteiger partial charge in [-0.1, -0.05) is 158 Å². The van der Waals surface area contributed by atoms with E-state index >= 15 is 0 Å². The summed E-state index contributed by atoms with van der Waals surface area (Å²) in [6.45, 7) is 0. The molecule has 1 N–H and O–H groups in total. The SMILES string of the molecule is c1ccc2c(-c3cc(-c4ccc(-c5ccc(-c6[nH]cc7ccccc67)cc5)cc4)nc(-c4cccc5ccccc45)n3)cccc2c1. The summed E-state index contributed by atoms with van der Waals surface area (Å²) in [5.74, 6) is 0.721. The minimum atomic E-state index is 0.721. The van der Waals surface area contributed by atoms with E-state index in [1.807, 2.05) is 0 Å². The zero-order chi connectivity index (χ0) is 31.2. The molecule has 0 aliphatic heterocycles. The van der Waals surface area contributed by atoms with Crippen molar-refractivity contribution in [2.45, 2.75) is 0 Å². The smallest absolute Gasteiger partial charge is 0.161 e. The fraction of sp³-hybridized carbons (Fsp3) is 0. The maximum atomic E-state index is 5.20. The molecular formula is C44H29N3. The molecule has 0 saturated heterocycles. The van der Waals surface area contributed by atoms with Gasteiger partial charge in [0.25, 0.3) is 0 Å². The Labute approximate surface area is 272 Å². The fourth-order valence-corrected chi connectivity index (χ4v) is 6.70. The molecule has 9 rings (SSSR count). The Kier molecular flexibility index (Phi) is 6.46. The highest BCUT2D eigenvalue weighted by molar-refractivity contribution is 5.99. The summed E-state index contributed by atoms with van der Waals surface area (Å²) in [6.07, 6.45) is 2.07. The zero-order valence-corrected chi connectivity index (χ0v) is 25.6. The molecule has 47 heavy (non-hydrogen) atoms. The fourth-order valence-electron chi connectivity index (χ4n) is 6.70. The molecule has 220 valence electrons. The van der Waals surface area contributed by atoms with E-state index in [9.17, 15) is 0 Å². The average molecular weight is 600 g/mol. The molecule has 7 aromatic carbocycles. The van der Waals surface area contributed by atoms with Gasteiger partial charge in [0.1, 0.15) is 0 Å². The first-order valence-electron chi connectivity index (χ1n) is 15.9. The van der Waals surface area contributed by atoms with Crippen LogP contribution in [0, 0.1) is 0 Å². The molecule has 0 unspecified atom stereocenters. The Morgan fingerprint density at radius 3 is 1.53 bits per heavy atom. The monoisotopic (exact) mass is 599 g/mol. The standard InChI is InChI=1S/C44H29N3/c1-4-14-36-31(9-1)12-7-17-39(36)42-27-41(46-44(47-42)40-18-8-13-32-10-2-5-15-37(32)40)33-23-19-29(20-24-33)30-21-25-34(26-22-30)43-38-16-6-3-11-35(38)28-45-43/h1-28,45H. The second-order valence-corrected chi connectivity index (χ2v) is 11.9. The summed E-state index contributed by atoms with van der Waals surface area (Å²) in [7, 11) is 0. The van der Waals surface area contributed by atoms with Crippen molar-refractivity contribution in [3.05, 3.63) is 170 Å². The molecule has 0 aliphatic rings. The number of hydrogen-bond donors (Lipinski definition) is 1. The summed E-state index contributed by atoms with van der Waals surface area (Å²) < 4.78 is 0. The second kappa shape index (κ2) is 11.2. The van der Waals surface area contributed by atoms with Crippen LogP contribution in [0.5, 0.6) is 0 Å². The molecule has 0 saturated carbocycles. The van der Waals surface area contributed by atoms with Gasteiger partial charge in [0, 0.05) is 28.3 Å². The number of rotatable bonds is 5. The summed E-state index contributed by atoms with van der Waals surface area (Å²) in [5, 5.41) is 7.14. The van der Waals surface area contributed by atoms with Crippen molar-refractivity contribution in [3.63, 3.8) is 0 Å². The number of nitrogens with one attached hydrogen (secondary N) is 1. The van der Waals surface area contributed by atoms with Crippen LogP contribution in [0.1, 0.15) is 0 Å². The molecule has 2 heterocycles. The van der Waals surface area contributed by atoms with Crippen LogP contribution >= 0.6 is 0 Å². The van der Waals surface area contributed by atoms with E-state index in [2.05, 4.69) is 175 Å². The number of aromatic nitrogens is 3. The van der Waals surface area contributed by atoms with E-state index in [4.69, 9.17) is 9.97 Å². The van der Waals surface area contributed by atoms with E-state index in [0.717, 1.165) is 50.5 Å². The lowest BCUT2D eigenvalue weighted by Gasteiger charge is -2.13. The lowest BCUT2D eigenvalue weighted by atomic mass is 9.98. The van der Waals surface area contributed by atoms with Gasteiger partial charge in [-0.3, -0.25) is 0 Å². The van der Waals surface area contributed by atoms with Crippen LogP contribution in [-0.2, 0) is 0 Å². The van der Waals surface area contributed by atoms with Gasteiger partial charge in [-0.25, -0.2) is 9.97 Å². The molecule has 0 amide bonds. The number of benzene rings is 7. The van der Waals surface area contributed by atoms with Gasteiger partial charge in [-0.2, -0.15) is 0 Å². The summed E-state index contributed by atoms with van der Waals surface area (Å²) in [5.41, 5.74) is 9.63. The van der Waals surface area contributed by atoms with Crippen molar-refractivity contribution in [3.8, 4) is 56.3 Å². The average Bonchev–Trinajstić information content (AvgIpc) is 3.59. The largest absolute Gasteiger partial charge is 0.360 e. The van der Waals surface area contributed by atoms with Crippen molar-refractivity contribution >= 4 is 32.3 Å². The molecular weight excluding hydrogens is 571 g/mol. The summed E-state index contributed by atoms with van der Waals surface area (Å²) >= 11 is 0. The third-order valence-electron chi connectivity index (χ3n) is 9.11. The summed E-state index contributed by atoms with van der Waals surface area (Å²) in [6, 6.07) is 57.8. The molecule has 9 aromatic rings. The number of aromatic amines is 1. The van der Waals surface area contributed by atoms with E-state index in [0.29, 0.717) is 0 Å². The lowest BCUT2D eigenvalue weighted by molar-refractivity contribution is 1.19. The topological polar surface area (TPSA) is 41.6 Å². The molecule has 0 bridgehead atoms. The van der Waals surface area contributed by atoms with Crippen LogP contribution in [0.3, 0.4) is 0 Å². The maximum Gasteiger partial charge on any atom is 0.161 e. The van der Waals surface area contributed by atoms with Crippen LogP contribution in [0.15, 0.2) is 170 Å².